The Bertz CT molecular complexity index is 791. The number of ether oxygens (including phenoxy) is 1. The topological polar surface area (TPSA) is 61.8 Å². The predicted molar refractivity (Wildman–Crippen MR) is 136 cm³/mol. The number of para-hydroxylation sites is 1. The number of halogens is 1. The Labute approximate surface area is 201 Å². The zero-order valence-corrected chi connectivity index (χ0v) is 21.3. The van der Waals surface area contributed by atoms with Crippen molar-refractivity contribution < 1.29 is 4.74 Å². The maximum atomic E-state index is 5.66. The lowest BCUT2D eigenvalue weighted by Crippen LogP contribution is -2.45. The molecule has 1 unspecified atom stereocenters. The highest BCUT2D eigenvalue weighted by Crippen LogP contribution is 2.30. The largest absolute Gasteiger partial charge is 0.496 e. The first-order valence-corrected chi connectivity index (χ1v) is 11.3. The summed E-state index contributed by atoms with van der Waals surface area (Å²) in [7, 11) is 3.57. The fraction of sp³-hybridized carbons (Fsp3) is 0.545. The second-order valence-electron chi connectivity index (χ2n) is 7.35. The average molecular weight is 544 g/mol. The molecule has 1 aliphatic rings. The van der Waals surface area contributed by atoms with Gasteiger partial charge in [0.2, 0.25) is 0 Å². The Hall–Kier alpha value is -1.39. The van der Waals surface area contributed by atoms with Gasteiger partial charge in [0, 0.05) is 43.2 Å². The minimum absolute atomic E-state index is 0. The first-order chi connectivity index (χ1) is 14.2. The molecule has 0 amide bonds. The van der Waals surface area contributed by atoms with Crippen molar-refractivity contribution in [2.75, 3.05) is 40.3 Å². The lowest BCUT2D eigenvalue weighted by Gasteiger charge is -2.35. The number of piperidine rings is 1. The Morgan fingerprint density at radius 2 is 2.00 bits per heavy atom. The molecule has 1 fully saturated rings. The lowest BCUT2D eigenvalue weighted by atomic mass is 10.0. The summed E-state index contributed by atoms with van der Waals surface area (Å²) >= 11 is 1.75. The number of hydrogen-bond acceptors (Lipinski definition) is 5. The van der Waals surface area contributed by atoms with Crippen LogP contribution in [0.4, 0.5) is 0 Å². The second-order valence-corrected chi connectivity index (χ2v) is 8.67. The SMILES string of the molecule is CN=C(NCCc1ncc(C)s1)NCC(c1ccccc1OC)N1CCCCC1.I. The monoisotopic (exact) mass is 543 g/mol. The molecule has 30 heavy (non-hydrogen) atoms. The van der Waals surface area contributed by atoms with Crippen LogP contribution >= 0.6 is 35.3 Å². The number of likely N-dealkylation sites (tertiary alicyclic amines) is 1. The molecule has 1 saturated heterocycles. The molecule has 6 nitrogen and oxygen atoms in total. The predicted octanol–water partition coefficient (Wildman–Crippen LogP) is 4.01. The maximum Gasteiger partial charge on any atom is 0.191 e. The Balaban J connectivity index is 0.00000320. The Morgan fingerprint density at radius 1 is 1.23 bits per heavy atom. The zero-order chi connectivity index (χ0) is 20.5. The Morgan fingerprint density at radius 3 is 2.67 bits per heavy atom. The highest BCUT2D eigenvalue weighted by molar-refractivity contribution is 14.0. The molecule has 1 aromatic heterocycles. The van der Waals surface area contributed by atoms with Crippen LogP contribution in [-0.4, -0.2) is 56.2 Å². The third-order valence-electron chi connectivity index (χ3n) is 5.32. The molecule has 3 rings (SSSR count). The van der Waals surface area contributed by atoms with E-state index in [0.717, 1.165) is 49.3 Å². The number of aryl methyl sites for hydroxylation is 1. The van der Waals surface area contributed by atoms with Gasteiger partial charge in [0.1, 0.15) is 5.75 Å². The van der Waals surface area contributed by atoms with Crippen molar-refractivity contribution in [2.24, 2.45) is 4.99 Å². The van der Waals surface area contributed by atoms with Gasteiger partial charge in [-0.2, -0.15) is 0 Å². The number of hydrogen-bond donors (Lipinski definition) is 2. The number of thiazole rings is 1. The standard InChI is InChI=1S/C22H33N5OS.HI/c1-17-15-25-21(29-17)11-12-24-22(23-2)26-16-19(27-13-7-4-8-14-27)18-9-5-6-10-20(18)28-3;/h5-6,9-10,15,19H,4,7-8,11-14,16H2,1-3H3,(H2,23,24,26);1H. The van der Waals surface area contributed by atoms with Crippen LogP contribution in [0.15, 0.2) is 35.5 Å². The summed E-state index contributed by atoms with van der Waals surface area (Å²) in [5.74, 6) is 1.78. The number of nitrogens with one attached hydrogen (secondary N) is 2. The number of aliphatic imine (C=N–C) groups is 1. The minimum Gasteiger partial charge on any atom is -0.496 e. The molecule has 2 N–H and O–H groups in total. The molecule has 8 heteroatoms. The van der Waals surface area contributed by atoms with Crippen molar-refractivity contribution in [3.05, 3.63) is 45.9 Å². The molecule has 0 bridgehead atoms. The zero-order valence-electron chi connectivity index (χ0n) is 18.2. The van der Waals surface area contributed by atoms with E-state index in [4.69, 9.17) is 4.74 Å². The van der Waals surface area contributed by atoms with Gasteiger partial charge in [-0.1, -0.05) is 24.6 Å². The third-order valence-corrected chi connectivity index (χ3v) is 6.29. The molecule has 1 aliphatic heterocycles. The van der Waals surface area contributed by atoms with Crippen LogP contribution in [0.3, 0.4) is 0 Å². The Kier molecular flexibility index (Phi) is 10.9. The van der Waals surface area contributed by atoms with Crippen molar-refractivity contribution in [2.45, 2.75) is 38.6 Å². The molecule has 1 atom stereocenters. The van der Waals surface area contributed by atoms with Gasteiger partial charge in [-0.25, -0.2) is 4.98 Å². The number of nitrogens with zero attached hydrogens (tertiary/aromatic N) is 3. The highest BCUT2D eigenvalue weighted by atomic mass is 127. The second kappa shape index (κ2) is 13.1. The summed E-state index contributed by atoms with van der Waals surface area (Å²) in [6, 6.07) is 8.62. The lowest BCUT2D eigenvalue weighted by molar-refractivity contribution is 0.161. The fourth-order valence-electron chi connectivity index (χ4n) is 3.83. The minimum atomic E-state index is 0. The summed E-state index contributed by atoms with van der Waals surface area (Å²) in [5, 5.41) is 8.11. The van der Waals surface area contributed by atoms with Crippen LogP contribution in [0.1, 0.15) is 40.8 Å². The normalized spacial score (nSPS) is 15.9. The molecule has 0 radical (unpaired) electrons. The van der Waals surface area contributed by atoms with Crippen molar-refractivity contribution >= 4 is 41.3 Å². The van der Waals surface area contributed by atoms with E-state index >= 15 is 0 Å². The fourth-order valence-corrected chi connectivity index (χ4v) is 4.61. The molecule has 0 saturated carbocycles. The van der Waals surface area contributed by atoms with E-state index in [2.05, 4.69) is 50.6 Å². The van der Waals surface area contributed by atoms with Crippen molar-refractivity contribution in [3.63, 3.8) is 0 Å². The van der Waals surface area contributed by atoms with Crippen LogP contribution in [0, 0.1) is 6.92 Å². The smallest absolute Gasteiger partial charge is 0.191 e. The van der Waals surface area contributed by atoms with Crippen molar-refractivity contribution in [1.29, 1.82) is 0 Å². The molecule has 0 spiro atoms. The third kappa shape index (κ3) is 7.09. The van der Waals surface area contributed by atoms with Crippen LogP contribution in [0.5, 0.6) is 5.75 Å². The quantitative estimate of drug-likeness (QED) is 0.300. The van der Waals surface area contributed by atoms with Crippen LogP contribution in [-0.2, 0) is 6.42 Å². The maximum absolute atomic E-state index is 5.66. The number of guanidine groups is 1. The van der Waals surface area contributed by atoms with Crippen molar-refractivity contribution in [1.82, 2.24) is 20.5 Å². The number of methoxy groups -OCH3 is 1. The van der Waals surface area contributed by atoms with Gasteiger partial charge >= 0.3 is 0 Å². The van der Waals surface area contributed by atoms with Gasteiger partial charge in [0.15, 0.2) is 5.96 Å². The number of aromatic nitrogens is 1. The first-order valence-electron chi connectivity index (χ1n) is 10.4. The van der Waals surface area contributed by atoms with E-state index in [0.29, 0.717) is 0 Å². The summed E-state index contributed by atoms with van der Waals surface area (Å²) in [6.07, 6.45) is 6.67. The molecule has 166 valence electrons. The van der Waals surface area contributed by atoms with Gasteiger partial charge in [-0.15, -0.1) is 35.3 Å². The van der Waals surface area contributed by atoms with E-state index < -0.39 is 0 Å². The highest BCUT2D eigenvalue weighted by Gasteiger charge is 2.25. The van der Waals surface area contributed by atoms with E-state index in [1.54, 1.807) is 18.4 Å². The van der Waals surface area contributed by atoms with E-state index in [1.807, 2.05) is 19.3 Å². The van der Waals surface area contributed by atoms with Gasteiger partial charge in [-0.05, 0) is 38.9 Å². The van der Waals surface area contributed by atoms with Gasteiger partial charge in [0.25, 0.3) is 0 Å². The van der Waals surface area contributed by atoms with Crippen LogP contribution in [0.2, 0.25) is 0 Å². The number of rotatable bonds is 8. The van der Waals surface area contributed by atoms with E-state index in [9.17, 15) is 0 Å². The van der Waals surface area contributed by atoms with Crippen LogP contribution in [0.25, 0.3) is 0 Å². The van der Waals surface area contributed by atoms with Gasteiger partial charge in [0.05, 0.1) is 18.2 Å². The van der Waals surface area contributed by atoms with E-state index in [-0.39, 0.29) is 30.0 Å². The summed E-state index contributed by atoms with van der Waals surface area (Å²) in [5.41, 5.74) is 1.23. The summed E-state index contributed by atoms with van der Waals surface area (Å²) in [6.45, 7) is 5.94. The molecular weight excluding hydrogens is 509 g/mol. The van der Waals surface area contributed by atoms with Gasteiger partial charge in [-0.3, -0.25) is 9.89 Å². The molecular formula is C22H34IN5OS. The van der Waals surface area contributed by atoms with Crippen LogP contribution < -0.4 is 15.4 Å². The molecule has 2 heterocycles. The molecule has 1 aromatic carbocycles. The van der Waals surface area contributed by atoms with Crippen molar-refractivity contribution in [3.8, 4) is 5.75 Å². The summed E-state index contributed by atoms with van der Waals surface area (Å²) < 4.78 is 5.66. The number of benzene rings is 1. The average Bonchev–Trinajstić information content (AvgIpc) is 3.18. The first kappa shape index (κ1) is 24.9. The molecule has 0 aliphatic carbocycles. The molecule has 2 aromatic rings. The van der Waals surface area contributed by atoms with Gasteiger partial charge < -0.3 is 15.4 Å². The van der Waals surface area contributed by atoms with E-state index in [1.165, 1.54) is 29.7 Å². The summed E-state index contributed by atoms with van der Waals surface area (Å²) in [4.78, 5) is 12.7.